The van der Waals surface area contributed by atoms with Crippen molar-refractivity contribution in [3.05, 3.63) is 0 Å². The van der Waals surface area contributed by atoms with Crippen LogP contribution in [0.3, 0.4) is 0 Å². The second kappa shape index (κ2) is 4.84. The molecule has 3 rings (SSSR count). The van der Waals surface area contributed by atoms with Crippen molar-refractivity contribution in [1.82, 2.24) is 9.80 Å². The van der Waals surface area contributed by atoms with Crippen LogP contribution in [-0.2, 0) is 4.79 Å². The standard InChI is InChI=1S/C15H26N2O/c1-15(7-8-15)14(18)17-11-5-13(6-12-17)16-9-3-2-4-10-16/h13H,2-12H2,1H3. The minimum absolute atomic E-state index is 0.0258. The zero-order valence-corrected chi connectivity index (χ0v) is 11.7. The molecule has 2 heterocycles. The lowest BCUT2D eigenvalue weighted by molar-refractivity contribution is -0.138. The Balaban J connectivity index is 1.50. The number of piperidine rings is 2. The van der Waals surface area contributed by atoms with Crippen molar-refractivity contribution in [2.75, 3.05) is 26.2 Å². The Morgan fingerprint density at radius 3 is 2.17 bits per heavy atom. The molecule has 3 aliphatic rings. The number of amides is 1. The van der Waals surface area contributed by atoms with E-state index in [0.717, 1.165) is 32.0 Å². The van der Waals surface area contributed by atoms with Crippen LogP contribution >= 0.6 is 0 Å². The van der Waals surface area contributed by atoms with Gasteiger partial charge in [-0.05, 0) is 51.6 Å². The molecule has 2 aliphatic heterocycles. The first kappa shape index (κ1) is 12.5. The lowest BCUT2D eigenvalue weighted by Gasteiger charge is -2.40. The molecular formula is C15H26N2O. The molecule has 18 heavy (non-hydrogen) atoms. The van der Waals surface area contributed by atoms with Crippen LogP contribution in [0, 0.1) is 5.41 Å². The topological polar surface area (TPSA) is 23.6 Å². The lowest BCUT2D eigenvalue weighted by Crippen LogP contribution is -2.49. The van der Waals surface area contributed by atoms with Crippen LogP contribution in [0.25, 0.3) is 0 Å². The summed E-state index contributed by atoms with van der Waals surface area (Å²) >= 11 is 0. The number of hydrogen-bond donors (Lipinski definition) is 0. The molecule has 0 bridgehead atoms. The summed E-state index contributed by atoms with van der Waals surface area (Å²) in [6.45, 7) is 6.70. The molecule has 3 heteroatoms. The van der Waals surface area contributed by atoms with Gasteiger partial charge in [-0.1, -0.05) is 13.3 Å². The third-order valence-electron chi connectivity index (χ3n) is 5.18. The van der Waals surface area contributed by atoms with E-state index in [1.54, 1.807) is 0 Å². The van der Waals surface area contributed by atoms with E-state index in [-0.39, 0.29) is 5.41 Å². The van der Waals surface area contributed by atoms with Crippen molar-refractivity contribution in [1.29, 1.82) is 0 Å². The third-order valence-corrected chi connectivity index (χ3v) is 5.18. The third kappa shape index (κ3) is 2.42. The van der Waals surface area contributed by atoms with Crippen LogP contribution in [0.4, 0.5) is 0 Å². The van der Waals surface area contributed by atoms with Crippen LogP contribution in [0.15, 0.2) is 0 Å². The smallest absolute Gasteiger partial charge is 0.228 e. The molecule has 0 N–H and O–H groups in total. The molecule has 0 aromatic heterocycles. The summed E-state index contributed by atoms with van der Waals surface area (Å²) in [5.74, 6) is 0.430. The van der Waals surface area contributed by atoms with Crippen molar-refractivity contribution >= 4 is 5.91 Å². The van der Waals surface area contributed by atoms with Gasteiger partial charge in [0.25, 0.3) is 0 Å². The van der Waals surface area contributed by atoms with Gasteiger partial charge in [-0.3, -0.25) is 4.79 Å². The molecule has 1 saturated carbocycles. The maximum absolute atomic E-state index is 12.3. The Morgan fingerprint density at radius 2 is 1.61 bits per heavy atom. The van der Waals surface area contributed by atoms with Gasteiger partial charge in [-0.25, -0.2) is 0 Å². The van der Waals surface area contributed by atoms with E-state index in [1.807, 2.05) is 0 Å². The van der Waals surface area contributed by atoms with Crippen LogP contribution in [0.1, 0.15) is 51.9 Å². The Kier molecular flexibility index (Phi) is 3.35. The summed E-state index contributed by atoms with van der Waals surface area (Å²) < 4.78 is 0. The SMILES string of the molecule is CC1(C(=O)N2CCC(N3CCCCC3)CC2)CC1. The van der Waals surface area contributed by atoms with E-state index in [1.165, 1.54) is 45.2 Å². The van der Waals surface area contributed by atoms with Gasteiger partial charge in [0.2, 0.25) is 5.91 Å². The average molecular weight is 250 g/mol. The van der Waals surface area contributed by atoms with Crippen molar-refractivity contribution in [3.8, 4) is 0 Å². The molecule has 0 unspecified atom stereocenters. The van der Waals surface area contributed by atoms with Gasteiger partial charge >= 0.3 is 0 Å². The highest BCUT2D eigenvalue weighted by molar-refractivity contribution is 5.84. The largest absolute Gasteiger partial charge is 0.342 e. The summed E-state index contributed by atoms with van der Waals surface area (Å²) in [5.41, 5.74) is 0.0258. The summed E-state index contributed by atoms with van der Waals surface area (Å²) in [6, 6.07) is 0.751. The van der Waals surface area contributed by atoms with E-state index in [9.17, 15) is 4.79 Å². The van der Waals surface area contributed by atoms with Crippen molar-refractivity contribution < 1.29 is 4.79 Å². The fraction of sp³-hybridized carbons (Fsp3) is 0.933. The van der Waals surface area contributed by atoms with Gasteiger partial charge in [0.1, 0.15) is 0 Å². The molecule has 3 nitrogen and oxygen atoms in total. The number of rotatable bonds is 2. The van der Waals surface area contributed by atoms with E-state index in [4.69, 9.17) is 0 Å². The quantitative estimate of drug-likeness (QED) is 0.750. The first-order valence-corrected chi connectivity index (χ1v) is 7.72. The molecule has 102 valence electrons. The predicted molar refractivity (Wildman–Crippen MR) is 72.4 cm³/mol. The first-order chi connectivity index (χ1) is 8.69. The van der Waals surface area contributed by atoms with Crippen LogP contribution in [0.5, 0.6) is 0 Å². The highest BCUT2D eigenvalue weighted by Crippen LogP contribution is 2.46. The molecular weight excluding hydrogens is 224 g/mol. The van der Waals surface area contributed by atoms with Crippen LogP contribution in [0.2, 0.25) is 0 Å². The fourth-order valence-electron chi connectivity index (χ4n) is 3.50. The zero-order valence-electron chi connectivity index (χ0n) is 11.7. The molecule has 3 fully saturated rings. The molecule has 0 aromatic carbocycles. The van der Waals surface area contributed by atoms with E-state index in [0.29, 0.717) is 5.91 Å². The summed E-state index contributed by atoms with van der Waals surface area (Å²) in [6.07, 6.45) is 8.76. The van der Waals surface area contributed by atoms with Gasteiger partial charge in [-0.2, -0.15) is 0 Å². The second-order valence-electron chi connectivity index (χ2n) is 6.68. The van der Waals surface area contributed by atoms with Crippen LogP contribution < -0.4 is 0 Å². The van der Waals surface area contributed by atoms with Gasteiger partial charge in [0.05, 0.1) is 0 Å². The number of nitrogens with zero attached hydrogens (tertiary/aromatic N) is 2. The highest BCUT2D eigenvalue weighted by Gasteiger charge is 2.47. The summed E-state index contributed by atoms with van der Waals surface area (Å²) in [5, 5.41) is 0. The minimum atomic E-state index is 0.0258. The van der Waals surface area contributed by atoms with Gasteiger partial charge < -0.3 is 9.80 Å². The van der Waals surface area contributed by atoms with Crippen LogP contribution in [-0.4, -0.2) is 47.9 Å². The summed E-state index contributed by atoms with van der Waals surface area (Å²) in [7, 11) is 0. The number of carbonyl (C=O) groups is 1. The van der Waals surface area contributed by atoms with Crippen molar-refractivity contribution in [2.24, 2.45) is 5.41 Å². The van der Waals surface area contributed by atoms with E-state index in [2.05, 4.69) is 16.7 Å². The minimum Gasteiger partial charge on any atom is -0.342 e. The highest BCUT2D eigenvalue weighted by atomic mass is 16.2. The number of likely N-dealkylation sites (tertiary alicyclic amines) is 2. The lowest BCUT2D eigenvalue weighted by atomic mass is 9.98. The normalized spacial score (nSPS) is 29.3. The zero-order chi connectivity index (χ0) is 12.6. The van der Waals surface area contributed by atoms with E-state index < -0.39 is 0 Å². The molecule has 0 spiro atoms. The summed E-state index contributed by atoms with van der Waals surface area (Å²) in [4.78, 5) is 17.1. The number of hydrogen-bond acceptors (Lipinski definition) is 2. The molecule has 0 radical (unpaired) electrons. The number of carbonyl (C=O) groups excluding carboxylic acids is 1. The van der Waals surface area contributed by atoms with Crippen molar-refractivity contribution in [3.63, 3.8) is 0 Å². The molecule has 0 aromatic rings. The van der Waals surface area contributed by atoms with E-state index >= 15 is 0 Å². The monoisotopic (exact) mass is 250 g/mol. The van der Waals surface area contributed by atoms with Gasteiger partial charge in [0, 0.05) is 24.5 Å². The fourth-order valence-corrected chi connectivity index (χ4v) is 3.50. The van der Waals surface area contributed by atoms with Gasteiger partial charge in [0.15, 0.2) is 0 Å². The van der Waals surface area contributed by atoms with Gasteiger partial charge in [-0.15, -0.1) is 0 Å². The molecule has 1 aliphatic carbocycles. The Hall–Kier alpha value is -0.570. The first-order valence-electron chi connectivity index (χ1n) is 7.72. The maximum atomic E-state index is 12.3. The van der Waals surface area contributed by atoms with Crippen molar-refractivity contribution in [2.45, 2.75) is 57.9 Å². The Labute approximate surface area is 111 Å². The average Bonchev–Trinajstić information content (AvgIpc) is 3.18. The molecule has 2 saturated heterocycles. The Bertz CT molecular complexity index is 310. The predicted octanol–water partition coefficient (Wildman–Crippen LogP) is 2.26. The molecule has 1 amide bonds. The molecule has 0 atom stereocenters. The second-order valence-corrected chi connectivity index (χ2v) is 6.68. The Morgan fingerprint density at radius 1 is 1.00 bits per heavy atom. The maximum Gasteiger partial charge on any atom is 0.228 e.